The number of amides is 3. The van der Waals surface area contributed by atoms with Crippen LogP contribution in [0.5, 0.6) is 0 Å². The van der Waals surface area contributed by atoms with E-state index in [0.717, 1.165) is 0 Å². The lowest BCUT2D eigenvalue weighted by Gasteiger charge is -2.18. The molecule has 0 bridgehead atoms. The van der Waals surface area contributed by atoms with Crippen molar-refractivity contribution in [1.82, 2.24) is 10.2 Å². The van der Waals surface area contributed by atoms with Crippen molar-refractivity contribution < 1.29 is 28.8 Å². The fourth-order valence-electron chi connectivity index (χ4n) is 2.41. The van der Waals surface area contributed by atoms with Gasteiger partial charge in [-0.2, -0.15) is 0 Å². The second-order valence-corrected chi connectivity index (χ2v) is 5.95. The van der Waals surface area contributed by atoms with E-state index >= 15 is 0 Å². The highest BCUT2D eigenvalue weighted by Gasteiger charge is 2.19. The molecule has 4 N–H and O–H groups in total. The molecule has 8 nitrogen and oxygen atoms in total. The van der Waals surface area contributed by atoms with Crippen molar-refractivity contribution in [3.63, 3.8) is 0 Å². The topological polar surface area (TPSA) is 119 Å². The van der Waals surface area contributed by atoms with E-state index in [0.29, 0.717) is 12.0 Å². The van der Waals surface area contributed by atoms with Crippen LogP contribution in [0.1, 0.15) is 20.7 Å². The number of rotatable bonds is 7. The van der Waals surface area contributed by atoms with Crippen LogP contribution in [0.4, 0.5) is 14.9 Å². The molecular weight excluding hydrogens is 368 g/mol. The maximum absolute atomic E-state index is 12.8. The zero-order valence-electron chi connectivity index (χ0n) is 15.1. The number of carbonyl (C=O) groups is 3. The Labute approximate surface area is 161 Å². The smallest absolute Gasteiger partial charge is 0.423 e. The number of likely N-dealkylation sites (N-methyl/N-ethyl adjacent to an activating group) is 1. The molecule has 2 aromatic carbocycles. The first-order valence-corrected chi connectivity index (χ1v) is 8.33. The molecule has 0 aliphatic carbocycles. The summed E-state index contributed by atoms with van der Waals surface area (Å²) in [4.78, 5) is 36.6. The van der Waals surface area contributed by atoms with Gasteiger partial charge in [0.15, 0.2) is 0 Å². The molecule has 2 aromatic rings. The zero-order chi connectivity index (χ0) is 20.7. The first-order valence-electron chi connectivity index (χ1n) is 8.33. The van der Waals surface area contributed by atoms with Gasteiger partial charge in [-0.05, 0) is 41.9 Å². The minimum Gasteiger partial charge on any atom is -0.423 e. The molecule has 28 heavy (non-hydrogen) atoms. The third kappa shape index (κ3) is 5.63. The van der Waals surface area contributed by atoms with Crippen LogP contribution in [0.2, 0.25) is 0 Å². The van der Waals surface area contributed by atoms with Crippen LogP contribution in [-0.4, -0.2) is 60.4 Å². The molecule has 0 spiro atoms. The predicted octanol–water partition coefficient (Wildman–Crippen LogP) is 0.212. The minimum atomic E-state index is -1.81. The molecule has 0 fully saturated rings. The molecule has 0 radical (unpaired) electrons. The third-order valence-electron chi connectivity index (χ3n) is 3.92. The van der Waals surface area contributed by atoms with E-state index in [1.54, 1.807) is 0 Å². The van der Waals surface area contributed by atoms with E-state index in [1.165, 1.54) is 54.4 Å². The van der Waals surface area contributed by atoms with Crippen LogP contribution in [0.15, 0.2) is 42.5 Å². The Balaban J connectivity index is 1.87. The van der Waals surface area contributed by atoms with Crippen LogP contribution in [0, 0.1) is 5.82 Å². The summed E-state index contributed by atoms with van der Waals surface area (Å²) in [7, 11) is -0.289. The Morgan fingerprint density at radius 2 is 1.86 bits per heavy atom. The standard InChI is InChI=1S/C18H19BFN3O5/c1-23(9-8-21-18(26)22-15-5-3-14(20)4-6-15)17(25)12-2-7-16(19(27)28)13(10-12)11-24/h2-7,10-11,27-28H,8-9H2,1H3,(H2,21,22,26). The number of nitrogens with zero attached hydrogens (tertiary/aromatic N) is 1. The molecule has 146 valence electrons. The average Bonchev–Trinajstić information content (AvgIpc) is 2.68. The van der Waals surface area contributed by atoms with Gasteiger partial charge < -0.3 is 25.6 Å². The van der Waals surface area contributed by atoms with Gasteiger partial charge in [0.2, 0.25) is 0 Å². The van der Waals surface area contributed by atoms with E-state index in [1.807, 2.05) is 0 Å². The molecule has 0 heterocycles. The van der Waals surface area contributed by atoms with E-state index in [4.69, 9.17) is 0 Å². The number of aldehydes is 1. The maximum Gasteiger partial charge on any atom is 0.489 e. The van der Waals surface area contributed by atoms with Crippen molar-refractivity contribution in [2.45, 2.75) is 0 Å². The van der Waals surface area contributed by atoms with Crippen molar-refractivity contribution >= 4 is 36.5 Å². The second-order valence-electron chi connectivity index (χ2n) is 5.95. The van der Waals surface area contributed by atoms with Gasteiger partial charge in [0.25, 0.3) is 5.91 Å². The Morgan fingerprint density at radius 3 is 2.46 bits per heavy atom. The first kappa shape index (κ1) is 21.1. The monoisotopic (exact) mass is 387 g/mol. The first-order chi connectivity index (χ1) is 13.3. The summed E-state index contributed by atoms with van der Waals surface area (Å²) in [6.07, 6.45) is 0.437. The summed E-state index contributed by atoms with van der Waals surface area (Å²) in [6.45, 7) is 0.347. The molecule has 0 aromatic heterocycles. The fourth-order valence-corrected chi connectivity index (χ4v) is 2.41. The lowest BCUT2D eigenvalue weighted by Crippen LogP contribution is -2.38. The maximum atomic E-state index is 12.8. The third-order valence-corrected chi connectivity index (χ3v) is 3.92. The summed E-state index contributed by atoms with van der Waals surface area (Å²) in [5, 5.41) is 23.5. The summed E-state index contributed by atoms with van der Waals surface area (Å²) in [5.74, 6) is -0.812. The molecule has 0 aliphatic heterocycles. The van der Waals surface area contributed by atoms with Crippen LogP contribution in [0.25, 0.3) is 0 Å². The van der Waals surface area contributed by atoms with Gasteiger partial charge in [0.1, 0.15) is 12.1 Å². The van der Waals surface area contributed by atoms with Gasteiger partial charge in [-0.15, -0.1) is 0 Å². The molecule has 3 amide bonds. The Hall–Kier alpha value is -3.24. The molecule has 0 atom stereocenters. The number of anilines is 1. The molecule has 10 heteroatoms. The van der Waals surface area contributed by atoms with Crippen molar-refractivity contribution in [3.05, 3.63) is 59.4 Å². The fraction of sp³-hybridized carbons (Fsp3) is 0.167. The number of carbonyl (C=O) groups excluding carboxylic acids is 3. The summed E-state index contributed by atoms with van der Waals surface area (Å²) < 4.78 is 12.8. The molecule has 0 unspecified atom stereocenters. The Kier molecular flexibility index (Phi) is 7.25. The van der Waals surface area contributed by atoms with Gasteiger partial charge in [-0.1, -0.05) is 6.07 Å². The molecule has 0 saturated heterocycles. The van der Waals surface area contributed by atoms with E-state index in [-0.39, 0.29) is 29.7 Å². The lowest BCUT2D eigenvalue weighted by molar-refractivity contribution is 0.0796. The Bertz CT molecular complexity index is 861. The van der Waals surface area contributed by atoms with Crippen LogP contribution in [-0.2, 0) is 0 Å². The highest BCUT2D eigenvalue weighted by atomic mass is 19.1. The molecular formula is C18H19BFN3O5. The summed E-state index contributed by atoms with van der Waals surface area (Å²) in [6, 6.07) is 8.73. The van der Waals surface area contributed by atoms with Gasteiger partial charge in [-0.3, -0.25) is 9.59 Å². The molecule has 2 rings (SSSR count). The highest BCUT2D eigenvalue weighted by Crippen LogP contribution is 2.08. The largest absolute Gasteiger partial charge is 0.489 e. The highest BCUT2D eigenvalue weighted by molar-refractivity contribution is 6.60. The van der Waals surface area contributed by atoms with Crippen LogP contribution in [0.3, 0.4) is 0 Å². The van der Waals surface area contributed by atoms with Gasteiger partial charge in [0, 0.05) is 37.0 Å². The SMILES string of the molecule is CN(CCNC(=O)Nc1ccc(F)cc1)C(=O)c1ccc(B(O)O)c(C=O)c1. The van der Waals surface area contributed by atoms with Crippen LogP contribution < -0.4 is 16.1 Å². The van der Waals surface area contributed by atoms with Gasteiger partial charge in [-0.25, -0.2) is 9.18 Å². The average molecular weight is 387 g/mol. The van der Waals surface area contributed by atoms with Crippen molar-refractivity contribution in [2.24, 2.45) is 0 Å². The quantitative estimate of drug-likeness (QED) is 0.400. The number of halogens is 1. The number of hydrogen-bond donors (Lipinski definition) is 4. The number of urea groups is 1. The zero-order valence-corrected chi connectivity index (χ0v) is 15.1. The van der Waals surface area contributed by atoms with Gasteiger partial charge >= 0.3 is 13.1 Å². The van der Waals surface area contributed by atoms with E-state index in [2.05, 4.69) is 10.6 Å². The minimum absolute atomic E-state index is 0.00560. The summed E-state index contributed by atoms with van der Waals surface area (Å²) in [5.41, 5.74) is 0.639. The summed E-state index contributed by atoms with van der Waals surface area (Å²) >= 11 is 0. The van der Waals surface area contributed by atoms with E-state index < -0.39 is 24.9 Å². The predicted molar refractivity (Wildman–Crippen MR) is 102 cm³/mol. The Morgan fingerprint density at radius 1 is 1.18 bits per heavy atom. The molecule has 0 saturated carbocycles. The normalized spacial score (nSPS) is 10.1. The van der Waals surface area contributed by atoms with Crippen molar-refractivity contribution in [2.75, 3.05) is 25.5 Å². The van der Waals surface area contributed by atoms with Gasteiger partial charge in [0.05, 0.1) is 0 Å². The molecule has 0 aliphatic rings. The lowest BCUT2D eigenvalue weighted by atomic mass is 9.77. The van der Waals surface area contributed by atoms with Crippen molar-refractivity contribution in [3.8, 4) is 0 Å². The van der Waals surface area contributed by atoms with E-state index in [9.17, 15) is 28.8 Å². The van der Waals surface area contributed by atoms with Crippen molar-refractivity contribution in [1.29, 1.82) is 0 Å². The number of nitrogens with one attached hydrogen (secondary N) is 2. The van der Waals surface area contributed by atoms with Crippen LogP contribution >= 0.6 is 0 Å². The number of benzene rings is 2. The second kappa shape index (κ2) is 9.63. The number of hydrogen-bond acceptors (Lipinski definition) is 5.